The van der Waals surface area contributed by atoms with Gasteiger partial charge in [-0.3, -0.25) is 4.79 Å². The number of allylic oxidation sites excluding steroid dienone is 1. The molecule has 2 atom stereocenters. The van der Waals surface area contributed by atoms with Crippen molar-refractivity contribution in [2.75, 3.05) is 0 Å². The van der Waals surface area contributed by atoms with Crippen LogP contribution in [0.15, 0.2) is 36.4 Å². The van der Waals surface area contributed by atoms with Crippen LogP contribution >= 0.6 is 0 Å². The molecule has 94 valence electrons. The van der Waals surface area contributed by atoms with E-state index in [0.717, 1.165) is 30.6 Å². The van der Waals surface area contributed by atoms with Crippen LogP contribution in [0.25, 0.3) is 0 Å². The zero-order valence-electron chi connectivity index (χ0n) is 10.2. The predicted molar refractivity (Wildman–Crippen MR) is 69.6 cm³/mol. The van der Waals surface area contributed by atoms with E-state index in [2.05, 4.69) is 0 Å². The van der Waals surface area contributed by atoms with Gasteiger partial charge in [-0.1, -0.05) is 12.2 Å². The molecule has 0 aromatic heterocycles. The number of benzene rings is 1. The molecule has 1 saturated carbocycles. The van der Waals surface area contributed by atoms with Gasteiger partial charge in [-0.2, -0.15) is 0 Å². The highest BCUT2D eigenvalue weighted by Gasteiger charge is 2.25. The molecule has 1 aromatic rings. The quantitative estimate of drug-likeness (QED) is 0.652. The number of hydrogen-bond donors (Lipinski definition) is 1. The molecular formula is C15H17NO2. The molecule has 0 heterocycles. The Bertz CT molecular complexity index is 474. The molecule has 3 nitrogen and oxygen atoms in total. The predicted octanol–water partition coefficient (Wildman–Crippen LogP) is 2.31. The van der Waals surface area contributed by atoms with E-state index in [1.807, 2.05) is 36.4 Å². The summed E-state index contributed by atoms with van der Waals surface area (Å²) in [4.78, 5) is 12.2. The lowest BCUT2D eigenvalue weighted by Crippen LogP contribution is -2.19. The smallest absolute Gasteiger partial charge is 0.169 e. The third-order valence-electron chi connectivity index (χ3n) is 3.42. The Hall–Kier alpha value is -1.61. The third-order valence-corrected chi connectivity index (χ3v) is 3.42. The molecule has 3 rings (SSSR count). The van der Waals surface area contributed by atoms with E-state index in [-0.39, 0.29) is 17.7 Å². The minimum atomic E-state index is -0.0600. The minimum Gasteiger partial charge on any atom is -0.490 e. The Balaban J connectivity index is 1.68. The molecule has 0 bridgehead atoms. The van der Waals surface area contributed by atoms with Crippen molar-refractivity contribution < 1.29 is 9.53 Å². The van der Waals surface area contributed by atoms with Gasteiger partial charge in [0.05, 0.1) is 6.10 Å². The molecular weight excluding hydrogens is 226 g/mol. The van der Waals surface area contributed by atoms with Gasteiger partial charge in [0, 0.05) is 17.5 Å². The van der Waals surface area contributed by atoms with Gasteiger partial charge in [-0.15, -0.1) is 0 Å². The molecule has 0 amide bonds. The lowest BCUT2D eigenvalue weighted by atomic mass is 9.96. The first-order valence-electron chi connectivity index (χ1n) is 6.47. The first kappa shape index (κ1) is 11.5. The molecule has 0 spiro atoms. The third kappa shape index (κ3) is 2.46. The Morgan fingerprint density at radius 3 is 2.44 bits per heavy atom. The van der Waals surface area contributed by atoms with Gasteiger partial charge in [0.25, 0.3) is 0 Å². The molecule has 0 saturated heterocycles. The maximum atomic E-state index is 12.2. The van der Waals surface area contributed by atoms with Crippen molar-refractivity contribution in [2.45, 2.75) is 31.4 Å². The summed E-state index contributed by atoms with van der Waals surface area (Å²) in [5.41, 5.74) is 6.51. The zero-order valence-corrected chi connectivity index (χ0v) is 10.2. The fourth-order valence-corrected chi connectivity index (χ4v) is 2.21. The summed E-state index contributed by atoms with van der Waals surface area (Å²) in [7, 11) is 0. The maximum Gasteiger partial charge on any atom is 0.169 e. The van der Waals surface area contributed by atoms with Crippen molar-refractivity contribution in [3.8, 4) is 5.75 Å². The summed E-state index contributed by atoms with van der Waals surface area (Å²) in [6, 6.07) is 7.47. The second-order valence-electron chi connectivity index (χ2n) is 5.10. The lowest BCUT2D eigenvalue weighted by molar-refractivity contribution is 0.0943. The number of rotatable bonds is 4. The Morgan fingerprint density at radius 2 is 1.89 bits per heavy atom. The highest BCUT2D eigenvalue weighted by Crippen LogP contribution is 2.27. The van der Waals surface area contributed by atoms with Gasteiger partial charge in [-0.25, -0.2) is 0 Å². The molecule has 2 aliphatic rings. The van der Waals surface area contributed by atoms with E-state index >= 15 is 0 Å². The number of ketones is 1. The van der Waals surface area contributed by atoms with Crippen LogP contribution in [0.1, 0.15) is 29.6 Å². The number of carbonyl (C=O) groups is 1. The molecule has 3 heteroatoms. The average Bonchev–Trinajstić information content (AvgIpc) is 3.09. The molecule has 2 N–H and O–H groups in total. The van der Waals surface area contributed by atoms with Crippen molar-refractivity contribution in [2.24, 2.45) is 11.7 Å². The van der Waals surface area contributed by atoms with Crippen molar-refractivity contribution >= 4 is 5.78 Å². The van der Waals surface area contributed by atoms with Crippen LogP contribution in [-0.4, -0.2) is 17.9 Å². The van der Waals surface area contributed by atoms with Gasteiger partial charge < -0.3 is 10.5 Å². The number of nitrogens with two attached hydrogens (primary N) is 1. The summed E-state index contributed by atoms with van der Waals surface area (Å²) >= 11 is 0. The van der Waals surface area contributed by atoms with Crippen molar-refractivity contribution in [1.29, 1.82) is 0 Å². The number of Topliss-reactive ketones (excluding diaryl/α,β-unsaturated/α-hetero) is 1. The highest BCUT2D eigenvalue weighted by atomic mass is 16.5. The zero-order chi connectivity index (χ0) is 12.5. The van der Waals surface area contributed by atoms with Crippen LogP contribution in [0.3, 0.4) is 0 Å². The van der Waals surface area contributed by atoms with Crippen LogP contribution in [0, 0.1) is 5.92 Å². The van der Waals surface area contributed by atoms with Gasteiger partial charge in [0.2, 0.25) is 0 Å². The molecule has 0 radical (unpaired) electrons. The fourth-order valence-electron chi connectivity index (χ4n) is 2.21. The van der Waals surface area contributed by atoms with Gasteiger partial charge in [-0.05, 0) is 43.5 Å². The van der Waals surface area contributed by atoms with E-state index in [9.17, 15) is 4.79 Å². The van der Waals surface area contributed by atoms with Crippen LogP contribution in [0.4, 0.5) is 0 Å². The van der Waals surface area contributed by atoms with Gasteiger partial charge in [0.15, 0.2) is 5.78 Å². The number of hydrogen-bond acceptors (Lipinski definition) is 3. The monoisotopic (exact) mass is 243 g/mol. The summed E-state index contributed by atoms with van der Waals surface area (Å²) < 4.78 is 5.66. The lowest BCUT2D eigenvalue weighted by Gasteiger charge is -2.09. The fraction of sp³-hybridized carbons (Fsp3) is 0.400. The molecule has 2 aliphatic carbocycles. The molecule has 2 unspecified atom stereocenters. The number of carbonyl (C=O) groups excluding carboxylic acids is 1. The number of ether oxygens (including phenoxy) is 1. The van der Waals surface area contributed by atoms with Crippen molar-refractivity contribution in [3.05, 3.63) is 42.0 Å². The molecule has 1 aromatic carbocycles. The first-order chi connectivity index (χ1) is 8.72. The first-order valence-corrected chi connectivity index (χ1v) is 6.47. The van der Waals surface area contributed by atoms with Gasteiger partial charge >= 0.3 is 0 Å². The standard InChI is InChI=1S/C15H17NO2/c16-12-4-1-11(9-12)15(17)10-2-5-13(6-3-10)18-14-7-8-14/h1-6,11-12,14H,7-9,16H2. The Kier molecular flexibility index (Phi) is 2.92. The van der Waals surface area contributed by atoms with Crippen LogP contribution in [0.2, 0.25) is 0 Å². The maximum absolute atomic E-state index is 12.2. The summed E-state index contributed by atoms with van der Waals surface area (Å²) in [6.07, 6.45) is 7.23. The normalized spacial score (nSPS) is 26.3. The minimum absolute atomic E-state index is 0.0245. The SMILES string of the molecule is NC1C=CC(C(=O)c2ccc(OC3CC3)cc2)C1. The molecule has 18 heavy (non-hydrogen) atoms. The van der Waals surface area contributed by atoms with Gasteiger partial charge in [0.1, 0.15) is 5.75 Å². The Morgan fingerprint density at radius 1 is 1.17 bits per heavy atom. The van der Waals surface area contributed by atoms with Crippen molar-refractivity contribution in [1.82, 2.24) is 0 Å². The molecule has 0 aliphatic heterocycles. The second-order valence-corrected chi connectivity index (χ2v) is 5.10. The van der Waals surface area contributed by atoms with E-state index in [0.29, 0.717) is 6.10 Å². The van der Waals surface area contributed by atoms with Crippen molar-refractivity contribution in [3.63, 3.8) is 0 Å². The average molecular weight is 243 g/mol. The summed E-state index contributed by atoms with van der Waals surface area (Å²) in [5.74, 6) is 0.945. The van der Waals surface area contributed by atoms with E-state index in [1.54, 1.807) is 0 Å². The largest absolute Gasteiger partial charge is 0.490 e. The highest BCUT2D eigenvalue weighted by molar-refractivity contribution is 5.99. The second kappa shape index (κ2) is 4.58. The Labute approximate surface area is 107 Å². The molecule has 1 fully saturated rings. The van der Waals surface area contributed by atoms with Crippen LogP contribution in [-0.2, 0) is 0 Å². The summed E-state index contributed by atoms with van der Waals surface area (Å²) in [5, 5.41) is 0. The van der Waals surface area contributed by atoms with E-state index < -0.39 is 0 Å². The topological polar surface area (TPSA) is 52.3 Å². The van der Waals surface area contributed by atoms with Crippen LogP contribution in [0.5, 0.6) is 5.75 Å². The van der Waals surface area contributed by atoms with E-state index in [1.165, 1.54) is 0 Å². The summed E-state index contributed by atoms with van der Waals surface area (Å²) in [6.45, 7) is 0. The van der Waals surface area contributed by atoms with E-state index in [4.69, 9.17) is 10.5 Å². The van der Waals surface area contributed by atoms with Crippen LogP contribution < -0.4 is 10.5 Å².